The number of hydrogen-bond acceptors (Lipinski definition) is 8. The molecule has 2 aromatic heterocycles. The fourth-order valence-electron chi connectivity index (χ4n) is 4.11. The van der Waals surface area contributed by atoms with Crippen molar-refractivity contribution in [2.75, 3.05) is 44.0 Å². The molecule has 3 heterocycles. The Balaban J connectivity index is 1.49. The van der Waals surface area contributed by atoms with Gasteiger partial charge in [-0.2, -0.15) is 5.10 Å². The van der Waals surface area contributed by atoms with Crippen molar-refractivity contribution in [3.63, 3.8) is 0 Å². The van der Waals surface area contributed by atoms with Gasteiger partial charge in [0.15, 0.2) is 23.1 Å². The highest BCUT2D eigenvalue weighted by Gasteiger charge is 2.35. The summed E-state index contributed by atoms with van der Waals surface area (Å²) in [6.07, 6.45) is 3.96. The van der Waals surface area contributed by atoms with E-state index in [9.17, 15) is 9.59 Å². The fourth-order valence-corrected chi connectivity index (χ4v) is 4.11. The lowest BCUT2D eigenvalue weighted by molar-refractivity contribution is 0.0958. The molecule has 1 aliphatic heterocycles. The van der Waals surface area contributed by atoms with Crippen molar-refractivity contribution in [1.82, 2.24) is 35.2 Å². The van der Waals surface area contributed by atoms with Gasteiger partial charge in [-0.05, 0) is 30.9 Å². The normalized spacial score (nSPS) is 15.5. The van der Waals surface area contributed by atoms with Crippen LogP contribution in [0.2, 0.25) is 0 Å². The van der Waals surface area contributed by atoms with Crippen molar-refractivity contribution < 1.29 is 14.3 Å². The first-order valence-corrected chi connectivity index (χ1v) is 11.4. The molecule has 0 atom stereocenters. The molecule has 35 heavy (non-hydrogen) atoms. The zero-order valence-corrected chi connectivity index (χ0v) is 19.9. The van der Waals surface area contributed by atoms with Crippen LogP contribution in [-0.4, -0.2) is 75.6 Å². The van der Waals surface area contributed by atoms with Gasteiger partial charge in [0.2, 0.25) is 0 Å². The van der Waals surface area contributed by atoms with Gasteiger partial charge in [0, 0.05) is 39.8 Å². The topological polar surface area (TPSA) is 130 Å². The third-order valence-electron chi connectivity index (χ3n) is 6.10. The molecule has 12 heteroatoms. The van der Waals surface area contributed by atoms with Gasteiger partial charge in [-0.3, -0.25) is 14.4 Å². The maximum Gasteiger partial charge on any atom is 0.325 e. The molecular formula is C23H27N9O3. The first kappa shape index (κ1) is 22.6. The number of nitrogens with zero attached hydrogens (tertiary/aromatic N) is 7. The van der Waals surface area contributed by atoms with Crippen LogP contribution in [0.5, 0.6) is 5.75 Å². The molecule has 1 aromatic carbocycles. The van der Waals surface area contributed by atoms with E-state index < -0.39 is 5.91 Å². The van der Waals surface area contributed by atoms with E-state index in [4.69, 9.17) is 4.74 Å². The van der Waals surface area contributed by atoms with Gasteiger partial charge >= 0.3 is 6.03 Å². The van der Waals surface area contributed by atoms with Crippen molar-refractivity contribution in [1.29, 1.82) is 0 Å². The quantitative estimate of drug-likeness (QED) is 0.504. The average molecular weight is 478 g/mol. The first-order valence-electron chi connectivity index (χ1n) is 11.4. The lowest BCUT2D eigenvalue weighted by atomic mass is 10.1. The number of aromatic nitrogens is 5. The number of aryl methyl sites for hydroxylation is 1. The Labute approximate surface area is 202 Å². The summed E-state index contributed by atoms with van der Waals surface area (Å²) in [5.41, 5.74) is 1.77. The number of nitrogens with one attached hydrogen (secondary N) is 2. The van der Waals surface area contributed by atoms with E-state index in [1.807, 2.05) is 23.1 Å². The third kappa shape index (κ3) is 4.46. The molecule has 3 aromatic rings. The maximum atomic E-state index is 13.0. The molecular weight excluding hydrogens is 450 g/mol. The van der Waals surface area contributed by atoms with Gasteiger partial charge in [-0.25, -0.2) is 9.78 Å². The minimum Gasteiger partial charge on any atom is -0.494 e. The van der Waals surface area contributed by atoms with Crippen LogP contribution in [0.15, 0.2) is 30.6 Å². The van der Waals surface area contributed by atoms with Gasteiger partial charge in [0.1, 0.15) is 6.33 Å². The molecule has 0 spiro atoms. The summed E-state index contributed by atoms with van der Waals surface area (Å²) in [5, 5.41) is 18.6. The molecule has 182 valence electrons. The predicted molar refractivity (Wildman–Crippen MR) is 129 cm³/mol. The number of methoxy groups -OCH3 is 1. The molecule has 1 saturated carbocycles. The Morgan fingerprint density at radius 2 is 2.03 bits per heavy atom. The van der Waals surface area contributed by atoms with E-state index in [1.54, 1.807) is 36.1 Å². The van der Waals surface area contributed by atoms with E-state index in [1.165, 1.54) is 19.9 Å². The van der Waals surface area contributed by atoms with Crippen LogP contribution in [0.25, 0.3) is 11.4 Å². The second-order valence-corrected chi connectivity index (χ2v) is 8.62. The molecule has 0 radical (unpaired) electrons. The van der Waals surface area contributed by atoms with Gasteiger partial charge in [-0.1, -0.05) is 6.07 Å². The molecule has 3 amide bonds. The second-order valence-electron chi connectivity index (χ2n) is 8.62. The van der Waals surface area contributed by atoms with E-state index in [-0.39, 0.29) is 11.7 Å². The Hall–Kier alpha value is -4.22. The Kier molecular flexibility index (Phi) is 5.93. The highest BCUT2D eigenvalue weighted by Crippen LogP contribution is 2.37. The van der Waals surface area contributed by atoms with Crippen molar-refractivity contribution in [3.8, 4) is 17.1 Å². The summed E-state index contributed by atoms with van der Waals surface area (Å²) >= 11 is 0. The Morgan fingerprint density at radius 1 is 1.20 bits per heavy atom. The van der Waals surface area contributed by atoms with Crippen LogP contribution >= 0.6 is 0 Å². The van der Waals surface area contributed by atoms with E-state index in [0.29, 0.717) is 53.3 Å². The van der Waals surface area contributed by atoms with Gasteiger partial charge in [0.25, 0.3) is 5.91 Å². The van der Waals surface area contributed by atoms with Crippen LogP contribution in [0.3, 0.4) is 0 Å². The lowest BCUT2D eigenvalue weighted by Gasteiger charge is -2.19. The molecule has 5 rings (SSSR count). The molecule has 2 aliphatic rings. The Morgan fingerprint density at radius 3 is 2.71 bits per heavy atom. The predicted octanol–water partition coefficient (Wildman–Crippen LogP) is 2.04. The van der Waals surface area contributed by atoms with Crippen LogP contribution < -0.4 is 20.3 Å². The van der Waals surface area contributed by atoms with Gasteiger partial charge in [-0.15, -0.1) is 10.2 Å². The van der Waals surface area contributed by atoms with Crippen LogP contribution in [0.4, 0.5) is 22.0 Å². The van der Waals surface area contributed by atoms with E-state index >= 15 is 0 Å². The van der Waals surface area contributed by atoms with Crippen molar-refractivity contribution in [2.24, 2.45) is 13.0 Å². The minimum atomic E-state index is -0.406. The van der Waals surface area contributed by atoms with Crippen LogP contribution in [-0.2, 0) is 7.05 Å². The number of carbonyl (C=O) groups is 2. The van der Waals surface area contributed by atoms with Crippen LogP contribution in [0.1, 0.15) is 23.3 Å². The van der Waals surface area contributed by atoms with Crippen LogP contribution in [0, 0.1) is 5.92 Å². The third-order valence-corrected chi connectivity index (χ3v) is 6.10. The zero-order valence-electron chi connectivity index (χ0n) is 19.9. The van der Waals surface area contributed by atoms with Crippen molar-refractivity contribution >= 4 is 29.1 Å². The minimum absolute atomic E-state index is 0.0920. The summed E-state index contributed by atoms with van der Waals surface area (Å²) < 4.78 is 7.29. The zero-order chi connectivity index (χ0) is 24.5. The first-order chi connectivity index (χ1) is 17.0. The van der Waals surface area contributed by atoms with E-state index in [0.717, 1.165) is 6.54 Å². The number of benzene rings is 1. The van der Waals surface area contributed by atoms with Gasteiger partial charge in [0.05, 0.1) is 24.0 Å². The summed E-state index contributed by atoms with van der Waals surface area (Å²) in [5.74, 6) is 1.59. The highest BCUT2D eigenvalue weighted by molar-refractivity contribution is 6.00. The van der Waals surface area contributed by atoms with Crippen molar-refractivity contribution in [2.45, 2.75) is 12.8 Å². The van der Waals surface area contributed by atoms with Crippen molar-refractivity contribution in [3.05, 3.63) is 36.3 Å². The molecule has 2 fully saturated rings. The molecule has 2 N–H and O–H groups in total. The number of anilines is 3. The highest BCUT2D eigenvalue weighted by atomic mass is 16.5. The summed E-state index contributed by atoms with van der Waals surface area (Å²) in [4.78, 5) is 33.3. The average Bonchev–Trinajstić information content (AvgIpc) is 3.47. The number of carbonyl (C=O) groups excluding carboxylic acids is 2. The monoisotopic (exact) mass is 477 g/mol. The number of hydrogen-bond donors (Lipinski definition) is 2. The van der Waals surface area contributed by atoms with Gasteiger partial charge < -0.3 is 20.3 Å². The number of ether oxygens (including phenoxy) is 1. The molecule has 1 saturated heterocycles. The summed E-state index contributed by atoms with van der Waals surface area (Å²) in [6.45, 7) is 1.93. The lowest BCUT2D eigenvalue weighted by Crippen LogP contribution is -2.34. The standard InChI is InChI=1S/C23H27N9O3/c1-24-22(33)19-17(11-18(27-28-19)32-10-9-31(23(32)34)12-14-7-8-14)26-16-6-4-5-15(20(16)35-3)21-25-13-30(2)29-21/h4-6,11,13-14H,7-10,12H2,1-3H3,(H,24,33)(H,26,27). The fraction of sp³-hybridized carbons (Fsp3) is 0.391. The number of urea groups is 1. The largest absolute Gasteiger partial charge is 0.494 e. The number of amides is 3. The number of rotatable bonds is 8. The smallest absolute Gasteiger partial charge is 0.325 e. The molecule has 0 unspecified atom stereocenters. The molecule has 12 nitrogen and oxygen atoms in total. The van der Waals surface area contributed by atoms with E-state index in [2.05, 4.69) is 30.9 Å². The SMILES string of the molecule is CNC(=O)c1nnc(N2CCN(CC3CC3)C2=O)cc1Nc1cccc(-c2ncn(C)n2)c1OC. The summed E-state index contributed by atoms with van der Waals surface area (Å²) in [6, 6.07) is 7.09. The summed E-state index contributed by atoms with van der Waals surface area (Å²) in [7, 11) is 4.87. The molecule has 0 bridgehead atoms. The molecule has 1 aliphatic carbocycles. The maximum absolute atomic E-state index is 13.0. The Bertz CT molecular complexity index is 1270. The second kappa shape index (κ2) is 9.20. The number of para-hydroxylation sites is 1.